The minimum absolute atomic E-state index is 0.0536. The lowest BCUT2D eigenvalue weighted by molar-refractivity contribution is 0.0562. The first kappa shape index (κ1) is 15.3. The van der Waals surface area contributed by atoms with Gasteiger partial charge in [-0.1, -0.05) is 5.16 Å². The third-order valence-electron chi connectivity index (χ3n) is 3.46. The Labute approximate surface area is 123 Å². The molecule has 0 aliphatic heterocycles. The largest absolute Gasteiger partial charge is 0.463 e. The van der Waals surface area contributed by atoms with Crippen molar-refractivity contribution in [1.29, 1.82) is 0 Å². The van der Waals surface area contributed by atoms with Gasteiger partial charge < -0.3 is 19.0 Å². The van der Waals surface area contributed by atoms with E-state index in [1.54, 1.807) is 12.1 Å². The molecule has 2 rings (SSSR count). The van der Waals surface area contributed by atoms with Gasteiger partial charge in [0.1, 0.15) is 11.5 Å². The Morgan fingerprint density at radius 3 is 2.57 bits per heavy atom. The first-order valence-corrected chi connectivity index (χ1v) is 6.81. The number of nitrogens with zero attached hydrogens (tertiary/aromatic N) is 1. The van der Waals surface area contributed by atoms with Crippen molar-refractivity contribution < 1.29 is 18.5 Å². The second-order valence-corrected chi connectivity index (χ2v) is 5.04. The molecule has 2 aromatic heterocycles. The van der Waals surface area contributed by atoms with E-state index < -0.39 is 5.97 Å². The fourth-order valence-corrected chi connectivity index (χ4v) is 2.44. The number of ether oxygens (including phenoxy) is 1. The summed E-state index contributed by atoms with van der Waals surface area (Å²) >= 11 is 0. The number of methoxy groups -OCH3 is 1. The summed E-state index contributed by atoms with van der Waals surface area (Å²) in [5, 5.41) is 7.36. The standard InChI is InChI=1S/C15H20N2O4/c1-8(12-6-7-13(20-12)15(18)19-5)16-9(2)14-10(3)17-21-11(14)4/h6-9,16H,1-5H3. The highest BCUT2D eigenvalue weighted by Crippen LogP contribution is 2.25. The van der Waals surface area contributed by atoms with Crippen molar-refractivity contribution >= 4 is 5.97 Å². The number of hydrogen-bond donors (Lipinski definition) is 1. The third kappa shape index (κ3) is 3.16. The van der Waals surface area contributed by atoms with Gasteiger partial charge in [0.05, 0.1) is 18.8 Å². The van der Waals surface area contributed by atoms with E-state index in [1.807, 2.05) is 27.7 Å². The van der Waals surface area contributed by atoms with Crippen LogP contribution >= 0.6 is 0 Å². The molecule has 0 saturated heterocycles. The van der Waals surface area contributed by atoms with Gasteiger partial charge in [0.25, 0.3) is 0 Å². The van der Waals surface area contributed by atoms with Gasteiger partial charge >= 0.3 is 5.97 Å². The summed E-state index contributed by atoms with van der Waals surface area (Å²) in [4.78, 5) is 11.4. The minimum atomic E-state index is -0.479. The van der Waals surface area contributed by atoms with Gasteiger partial charge in [-0.3, -0.25) is 0 Å². The summed E-state index contributed by atoms with van der Waals surface area (Å²) in [6.45, 7) is 7.80. The molecule has 114 valence electrons. The number of esters is 1. The number of aromatic nitrogens is 1. The molecule has 2 heterocycles. The van der Waals surface area contributed by atoms with Crippen LogP contribution in [0.3, 0.4) is 0 Å². The number of carbonyl (C=O) groups is 1. The van der Waals surface area contributed by atoms with Crippen LogP contribution in [-0.4, -0.2) is 18.2 Å². The van der Waals surface area contributed by atoms with Crippen LogP contribution in [0.4, 0.5) is 0 Å². The summed E-state index contributed by atoms with van der Waals surface area (Å²) in [5.74, 6) is 1.20. The average molecular weight is 292 g/mol. The predicted octanol–water partition coefficient (Wildman–Crippen LogP) is 3.08. The van der Waals surface area contributed by atoms with Crippen molar-refractivity contribution in [2.45, 2.75) is 39.8 Å². The Morgan fingerprint density at radius 1 is 1.29 bits per heavy atom. The van der Waals surface area contributed by atoms with Gasteiger partial charge in [-0.25, -0.2) is 4.79 Å². The molecule has 0 aromatic carbocycles. The zero-order valence-electron chi connectivity index (χ0n) is 12.9. The molecule has 2 atom stereocenters. The molecule has 0 radical (unpaired) electrons. The summed E-state index contributed by atoms with van der Waals surface area (Å²) in [5.41, 5.74) is 1.91. The van der Waals surface area contributed by atoms with Crippen LogP contribution in [0.1, 0.15) is 59.3 Å². The van der Waals surface area contributed by atoms with E-state index in [9.17, 15) is 4.79 Å². The maximum Gasteiger partial charge on any atom is 0.373 e. The molecule has 0 spiro atoms. The molecule has 6 nitrogen and oxygen atoms in total. The first-order chi connectivity index (χ1) is 9.93. The predicted molar refractivity (Wildman–Crippen MR) is 76.0 cm³/mol. The molecular weight excluding hydrogens is 272 g/mol. The molecular formula is C15H20N2O4. The molecule has 0 amide bonds. The summed E-state index contributed by atoms with van der Waals surface area (Å²) in [7, 11) is 1.33. The Balaban J connectivity index is 2.09. The molecule has 2 aromatic rings. The van der Waals surface area contributed by atoms with Crippen LogP contribution in [0.15, 0.2) is 21.1 Å². The molecule has 21 heavy (non-hydrogen) atoms. The van der Waals surface area contributed by atoms with Crippen molar-refractivity contribution in [3.8, 4) is 0 Å². The van der Waals surface area contributed by atoms with Crippen LogP contribution < -0.4 is 5.32 Å². The Hall–Kier alpha value is -2.08. The van der Waals surface area contributed by atoms with Crippen molar-refractivity contribution in [3.05, 3.63) is 40.7 Å². The topological polar surface area (TPSA) is 77.5 Å². The van der Waals surface area contributed by atoms with E-state index in [0.29, 0.717) is 5.76 Å². The van der Waals surface area contributed by atoms with Gasteiger partial charge in [0.2, 0.25) is 5.76 Å². The molecule has 2 unspecified atom stereocenters. The van der Waals surface area contributed by atoms with E-state index in [2.05, 4.69) is 15.2 Å². The van der Waals surface area contributed by atoms with Crippen LogP contribution in [0.2, 0.25) is 0 Å². The smallest absolute Gasteiger partial charge is 0.373 e. The number of rotatable bonds is 5. The van der Waals surface area contributed by atoms with E-state index in [0.717, 1.165) is 17.0 Å². The zero-order valence-corrected chi connectivity index (χ0v) is 12.9. The van der Waals surface area contributed by atoms with E-state index >= 15 is 0 Å². The quantitative estimate of drug-likeness (QED) is 0.853. The SMILES string of the molecule is COC(=O)c1ccc(C(C)NC(C)c2c(C)noc2C)o1. The first-order valence-electron chi connectivity index (χ1n) is 6.81. The number of carbonyl (C=O) groups excluding carboxylic acids is 1. The van der Waals surface area contributed by atoms with Gasteiger partial charge in [-0.15, -0.1) is 0 Å². The van der Waals surface area contributed by atoms with Crippen molar-refractivity contribution in [2.24, 2.45) is 0 Å². The number of furan rings is 1. The number of hydrogen-bond acceptors (Lipinski definition) is 6. The Morgan fingerprint density at radius 2 is 2.00 bits per heavy atom. The molecule has 0 fully saturated rings. The molecule has 6 heteroatoms. The lowest BCUT2D eigenvalue weighted by atomic mass is 10.1. The highest BCUT2D eigenvalue weighted by Gasteiger charge is 2.21. The lowest BCUT2D eigenvalue weighted by Crippen LogP contribution is -2.23. The molecule has 0 saturated carbocycles. The number of nitrogens with one attached hydrogen (secondary N) is 1. The second kappa shape index (κ2) is 6.13. The van der Waals surface area contributed by atoms with E-state index in [4.69, 9.17) is 8.94 Å². The van der Waals surface area contributed by atoms with Crippen molar-refractivity contribution in [3.63, 3.8) is 0 Å². The molecule has 1 N–H and O–H groups in total. The maximum absolute atomic E-state index is 11.4. The summed E-state index contributed by atoms with van der Waals surface area (Å²) in [6, 6.07) is 3.37. The second-order valence-electron chi connectivity index (χ2n) is 5.04. The molecule has 0 bridgehead atoms. The highest BCUT2D eigenvalue weighted by molar-refractivity contribution is 5.86. The van der Waals surface area contributed by atoms with Gasteiger partial charge in [0, 0.05) is 11.6 Å². The van der Waals surface area contributed by atoms with Crippen LogP contribution in [0, 0.1) is 13.8 Å². The average Bonchev–Trinajstić information content (AvgIpc) is 3.05. The minimum Gasteiger partial charge on any atom is -0.463 e. The van der Waals surface area contributed by atoms with Crippen LogP contribution in [0.25, 0.3) is 0 Å². The summed E-state index contributed by atoms with van der Waals surface area (Å²) < 4.78 is 15.3. The fourth-order valence-electron chi connectivity index (χ4n) is 2.44. The highest BCUT2D eigenvalue weighted by atomic mass is 16.5. The lowest BCUT2D eigenvalue weighted by Gasteiger charge is -2.18. The maximum atomic E-state index is 11.4. The zero-order chi connectivity index (χ0) is 15.6. The van der Waals surface area contributed by atoms with Crippen LogP contribution in [-0.2, 0) is 4.74 Å². The van der Waals surface area contributed by atoms with Crippen molar-refractivity contribution in [2.75, 3.05) is 7.11 Å². The van der Waals surface area contributed by atoms with Crippen molar-refractivity contribution in [1.82, 2.24) is 10.5 Å². The summed E-state index contributed by atoms with van der Waals surface area (Å²) in [6.07, 6.45) is 0. The molecule has 0 aliphatic rings. The fraction of sp³-hybridized carbons (Fsp3) is 0.467. The van der Waals surface area contributed by atoms with Crippen LogP contribution in [0.5, 0.6) is 0 Å². The monoisotopic (exact) mass is 292 g/mol. The Kier molecular flexibility index (Phi) is 4.47. The molecule has 0 aliphatic carbocycles. The van der Waals surface area contributed by atoms with Gasteiger partial charge in [0.15, 0.2) is 0 Å². The third-order valence-corrected chi connectivity index (χ3v) is 3.46. The van der Waals surface area contributed by atoms with Gasteiger partial charge in [-0.2, -0.15) is 0 Å². The van der Waals surface area contributed by atoms with E-state index in [-0.39, 0.29) is 17.8 Å². The van der Waals surface area contributed by atoms with E-state index in [1.165, 1.54) is 7.11 Å². The number of aryl methyl sites for hydroxylation is 2. The normalized spacial score (nSPS) is 14.0. The van der Waals surface area contributed by atoms with Gasteiger partial charge in [-0.05, 0) is 39.8 Å². The Bertz CT molecular complexity index is 610.